The first-order valence-corrected chi connectivity index (χ1v) is 9.23. The molecule has 1 fully saturated rings. The fourth-order valence-corrected chi connectivity index (χ4v) is 3.53. The van der Waals surface area contributed by atoms with Crippen molar-refractivity contribution in [3.8, 4) is 11.5 Å². The fraction of sp³-hybridized carbons (Fsp3) is 0.571. The van der Waals surface area contributed by atoms with Crippen LogP contribution in [0.2, 0.25) is 0 Å². The third kappa shape index (κ3) is 4.80. The summed E-state index contributed by atoms with van der Waals surface area (Å²) in [6, 6.07) is 4.01. The highest BCUT2D eigenvalue weighted by Gasteiger charge is 2.30. The highest BCUT2D eigenvalue weighted by Crippen LogP contribution is 2.33. The molecule has 1 aliphatic heterocycles. The Kier molecular flexibility index (Phi) is 5.42. The van der Waals surface area contributed by atoms with Crippen LogP contribution in [0.5, 0.6) is 11.5 Å². The molecule has 1 aromatic rings. The van der Waals surface area contributed by atoms with Gasteiger partial charge in [0.25, 0.3) is 5.69 Å². The summed E-state index contributed by atoms with van der Waals surface area (Å²) < 4.78 is 34.3. The van der Waals surface area contributed by atoms with Crippen LogP contribution in [0.15, 0.2) is 18.2 Å². The van der Waals surface area contributed by atoms with E-state index in [4.69, 9.17) is 9.47 Å². The lowest BCUT2D eigenvalue weighted by Crippen LogP contribution is -2.35. The molecule has 0 unspecified atom stereocenters. The zero-order valence-corrected chi connectivity index (χ0v) is 13.8. The van der Waals surface area contributed by atoms with Gasteiger partial charge >= 0.3 is 0 Å². The van der Waals surface area contributed by atoms with Gasteiger partial charge in [0.2, 0.25) is 0 Å². The smallest absolute Gasteiger partial charge is 0.273 e. The van der Waals surface area contributed by atoms with E-state index in [-0.39, 0.29) is 23.1 Å². The maximum atomic E-state index is 11.7. The highest BCUT2D eigenvalue weighted by atomic mass is 32.2. The molecule has 0 aromatic heterocycles. The Morgan fingerprint density at radius 3 is 2.70 bits per heavy atom. The van der Waals surface area contributed by atoms with Crippen LogP contribution >= 0.6 is 0 Å². The molecule has 2 atom stereocenters. The summed E-state index contributed by atoms with van der Waals surface area (Å²) >= 11 is 0. The quantitative estimate of drug-likeness (QED) is 0.581. The lowest BCUT2D eigenvalue weighted by atomic mass is 10.0. The summed E-state index contributed by atoms with van der Waals surface area (Å²) in [5.41, 5.74) is -0.114. The van der Waals surface area contributed by atoms with Gasteiger partial charge in [-0.15, -0.1) is 0 Å². The highest BCUT2D eigenvalue weighted by molar-refractivity contribution is 7.90. The van der Waals surface area contributed by atoms with Gasteiger partial charge in [0.1, 0.15) is 6.10 Å². The van der Waals surface area contributed by atoms with Crippen molar-refractivity contribution in [2.75, 3.05) is 32.2 Å². The first-order chi connectivity index (χ1) is 10.8. The summed E-state index contributed by atoms with van der Waals surface area (Å²) in [5, 5.41) is 14.0. The molecular weight excluding hydrogens is 324 g/mol. The van der Waals surface area contributed by atoms with Gasteiger partial charge in [-0.3, -0.25) is 10.1 Å². The molecule has 1 N–H and O–H groups in total. The number of benzene rings is 1. The minimum absolute atomic E-state index is 0.0598. The second-order valence-electron chi connectivity index (χ2n) is 5.59. The van der Waals surface area contributed by atoms with Crippen LogP contribution in [0, 0.1) is 16.0 Å². The van der Waals surface area contributed by atoms with E-state index in [0.717, 1.165) is 13.0 Å². The fourth-order valence-electron chi connectivity index (χ4n) is 2.59. The van der Waals surface area contributed by atoms with Gasteiger partial charge in [-0.25, -0.2) is 8.42 Å². The van der Waals surface area contributed by atoms with E-state index >= 15 is 0 Å². The van der Waals surface area contributed by atoms with Crippen molar-refractivity contribution in [3.63, 3.8) is 0 Å². The van der Waals surface area contributed by atoms with E-state index in [1.807, 2.05) is 0 Å². The molecule has 8 nitrogen and oxygen atoms in total. The number of nitrogens with zero attached hydrogens (tertiary/aromatic N) is 1. The molecule has 1 saturated heterocycles. The minimum Gasteiger partial charge on any atom is -0.493 e. The van der Waals surface area contributed by atoms with Crippen LogP contribution in [-0.4, -0.2) is 51.7 Å². The van der Waals surface area contributed by atoms with Crippen molar-refractivity contribution in [1.29, 1.82) is 0 Å². The maximum absolute atomic E-state index is 11.7. The number of nitro benzene ring substituents is 1. The molecule has 0 saturated carbocycles. The molecule has 23 heavy (non-hydrogen) atoms. The zero-order valence-electron chi connectivity index (χ0n) is 13.0. The Morgan fingerprint density at radius 1 is 1.43 bits per heavy atom. The van der Waals surface area contributed by atoms with Crippen molar-refractivity contribution >= 4 is 15.5 Å². The normalized spacial score (nSPS) is 19.3. The van der Waals surface area contributed by atoms with Gasteiger partial charge in [-0.1, -0.05) is 0 Å². The molecule has 2 rings (SSSR count). The van der Waals surface area contributed by atoms with Crippen molar-refractivity contribution in [3.05, 3.63) is 28.3 Å². The van der Waals surface area contributed by atoms with E-state index in [1.54, 1.807) is 0 Å². The predicted octanol–water partition coefficient (Wildman–Crippen LogP) is 1.00. The monoisotopic (exact) mass is 344 g/mol. The second kappa shape index (κ2) is 7.14. The molecule has 128 valence electrons. The van der Waals surface area contributed by atoms with E-state index in [0.29, 0.717) is 12.3 Å². The van der Waals surface area contributed by atoms with E-state index < -0.39 is 20.9 Å². The van der Waals surface area contributed by atoms with Gasteiger partial charge in [0.05, 0.1) is 23.9 Å². The SMILES string of the molecule is COc1cc([N+](=O)[O-])ccc1O[C@@H](CS(C)(=O)=O)[C@@H]1CCNC1. The minimum atomic E-state index is -3.22. The van der Waals surface area contributed by atoms with Crippen LogP contribution in [0.25, 0.3) is 0 Å². The Labute approximate surface area is 134 Å². The average molecular weight is 344 g/mol. The van der Waals surface area contributed by atoms with Crippen molar-refractivity contribution < 1.29 is 22.8 Å². The Morgan fingerprint density at radius 2 is 2.17 bits per heavy atom. The summed E-state index contributed by atoms with van der Waals surface area (Å²) in [7, 11) is -1.84. The Balaban J connectivity index is 2.26. The topological polar surface area (TPSA) is 108 Å². The Hall–Kier alpha value is -1.87. The molecule has 0 bridgehead atoms. The number of hydrogen-bond donors (Lipinski definition) is 1. The number of non-ortho nitro benzene ring substituents is 1. The molecular formula is C14H20N2O6S. The van der Waals surface area contributed by atoms with Crippen molar-refractivity contribution in [2.24, 2.45) is 5.92 Å². The molecule has 0 amide bonds. The van der Waals surface area contributed by atoms with Crippen molar-refractivity contribution in [2.45, 2.75) is 12.5 Å². The summed E-state index contributed by atoms with van der Waals surface area (Å²) in [5.74, 6) is 0.464. The number of sulfone groups is 1. The second-order valence-corrected chi connectivity index (χ2v) is 7.78. The zero-order chi connectivity index (χ0) is 17.0. The maximum Gasteiger partial charge on any atom is 0.273 e. The van der Waals surface area contributed by atoms with E-state index in [1.165, 1.54) is 31.6 Å². The van der Waals surface area contributed by atoms with E-state index in [9.17, 15) is 18.5 Å². The molecule has 9 heteroatoms. The standard InChI is InChI=1S/C14H20N2O6S/c1-21-13-7-11(16(17)18)3-4-12(13)22-14(9-23(2,19)20)10-5-6-15-8-10/h3-4,7,10,14-15H,5-6,8-9H2,1-2H3/t10-,14+/m1/s1. The van der Waals surface area contributed by atoms with Gasteiger partial charge in [0, 0.05) is 24.8 Å². The third-order valence-electron chi connectivity index (χ3n) is 3.73. The van der Waals surface area contributed by atoms with Crippen LogP contribution in [0.3, 0.4) is 0 Å². The molecule has 0 radical (unpaired) electrons. The lowest BCUT2D eigenvalue weighted by molar-refractivity contribution is -0.385. The molecule has 0 aliphatic carbocycles. The number of nitro groups is 1. The number of hydrogen-bond acceptors (Lipinski definition) is 7. The Bertz CT molecular complexity index is 670. The van der Waals surface area contributed by atoms with Gasteiger partial charge < -0.3 is 14.8 Å². The van der Waals surface area contributed by atoms with Gasteiger partial charge in [0.15, 0.2) is 21.3 Å². The predicted molar refractivity (Wildman–Crippen MR) is 84.8 cm³/mol. The van der Waals surface area contributed by atoms with Crippen LogP contribution in [-0.2, 0) is 9.84 Å². The van der Waals surface area contributed by atoms with Crippen molar-refractivity contribution in [1.82, 2.24) is 5.32 Å². The van der Waals surface area contributed by atoms with Crippen LogP contribution in [0.4, 0.5) is 5.69 Å². The first-order valence-electron chi connectivity index (χ1n) is 7.17. The number of nitrogens with one attached hydrogen (secondary N) is 1. The molecule has 1 aromatic carbocycles. The van der Waals surface area contributed by atoms with Gasteiger partial charge in [-0.05, 0) is 19.0 Å². The van der Waals surface area contributed by atoms with Crippen LogP contribution < -0.4 is 14.8 Å². The third-order valence-corrected chi connectivity index (χ3v) is 4.66. The number of rotatable bonds is 7. The van der Waals surface area contributed by atoms with Gasteiger partial charge in [-0.2, -0.15) is 0 Å². The lowest BCUT2D eigenvalue weighted by Gasteiger charge is -2.24. The molecule has 0 spiro atoms. The summed E-state index contributed by atoms with van der Waals surface area (Å²) in [6.45, 7) is 1.49. The van der Waals surface area contributed by atoms with Crippen LogP contribution in [0.1, 0.15) is 6.42 Å². The van der Waals surface area contributed by atoms with E-state index in [2.05, 4.69) is 5.32 Å². The average Bonchev–Trinajstić information content (AvgIpc) is 2.99. The number of methoxy groups -OCH3 is 1. The summed E-state index contributed by atoms with van der Waals surface area (Å²) in [6.07, 6.45) is 1.45. The summed E-state index contributed by atoms with van der Waals surface area (Å²) in [4.78, 5) is 10.3. The first kappa shape index (κ1) is 17.5. The largest absolute Gasteiger partial charge is 0.493 e. The number of ether oxygens (including phenoxy) is 2. The molecule has 1 aliphatic rings. The molecule has 1 heterocycles.